The third kappa shape index (κ3) is 3.50. The first kappa shape index (κ1) is 19.5. The van der Waals surface area contributed by atoms with E-state index in [0.29, 0.717) is 29.6 Å². The van der Waals surface area contributed by atoms with E-state index < -0.39 is 0 Å². The molecule has 8 nitrogen and oxygen atoms in total. The molecular formula is C22H23FN6O2. The summed E-state index contributed by atoms with van der Waals surface area (Å²) < 4.78 is 28.2. The van der Waals surface area contributed by atoms with Crippen LogP contribution in [0.2, 0.25) is 0 Å². The van der Waals surface area contributed by atoms with Gasteiger partial charge in [0.15, 0.2) is 11.6 Å². The van der Waals surface area contributed by atoms with Crippen molar-refractivity contribution in [2.45, 2.75) is 25.7 Å². The second-order valence-corrected chi connectivity index (χ2v) is 7.80. The van der Waals surface area contributed by atoms with Crippen molar-refractivity contribution in [1.82, 2.24) is 19.5 Å². The van der Waals surface area contributed by atoms with Gasteiger partial charge in [-0.05, 0) is 36.6 Å². The number of nitrogens with one attached hydrogen (secondary N) is 1. The minimum atomic E-state index is -0.382. The zero-order valence-electron chi connectivity index (χ0n) is 17.2. The minimum Gasteiger partial charge on any atom is -0.491 e. The normalized spacial score (nSPS) is 21.1. The third-order valence-corrected chi connectivity index (χ3v) is 5.78. The highest BCUT2D eigenvalue weighted by atomic mass is 19.1. The van der Waals surface area contributed by atoms with Gasteiger partial charge >= 0.3 is 0 Å². The number of ether oxygens (including phenoxy) is 2. The minimum absolute atomic E-state index is 0.0774. The van der Waals surface area contributed by atoms with Crippen molar-refractivity contribution in [2.24, 2.45) is 5.92 Å². The van der Waals surface area contributed by atoms with Gasteiger partial charge in [-0.25, -0.2) is 19.3 Å². The van der Waals surface area contributed by atoms with E-state index in [2.05, 4.69) is 27.2 Å². The number of nitrogens with zero attached hydrogens (tertiary/aromatic N) is 4. The SMILES string of the molecule is CNc1nc2cc(OCC3OC(n4ccc5c(N)ncnc54)CC3C)ccc2cc1F. The van der Waals surface area contributed by atoms with E-state index in [9.17, 15) is 4.39 Å². The van der Waals surface area contributed by atoms with E-state index in [1.165, 1.54) is 12.4 Å². The van der Waals surface area contributed by atoms with Crippen LogP contribution in [0.1, 0.15) is 19.6 Å². The number of nitrogens with two attached hydrogens (primary N) is 1. The molecule has 0 aliphatic carbocycles. The second-order valence-electron chi connectivity index (χ2n) is 7.80. The average molecular weight is 422 g/mol. The monoisotopic (exact) mass is 422 g/mol. The van der Waals surface area contributed by atoms with E-state index in [1.807, 2.05) is 29.0 Å². The number of hydrogen-bond donors (Lipinski definition) is 2. The van der Waals surface area contributed by atoms with Crippen LogP contribution >= 0.6 is 0 Å². The fraction of sp³-hybridized carbons (Fsp3) is 0.318. The molecule has 0 saturated carbocycles. The Morgan fingerprint density at radius 3 is 3.00 bits per heavy atom. The van der Waals surface area contributed by atoms with Gasteiger partial charge in [0.1, 0.15) is 36.4 Å². The lowest BCUT2D eigenvalue weighted by Crippen LogP contribution is -2.23. The summed E-state index contributed by atoms with van der Waals surface area (Å²) in [6, 6.07) is 8.80. The largest absolute Gasteiger partial charge is 0.491 e. The highest BCUT2D eigenvalue weighted by molar-refractivity contribution is 5.86. The summed E-state index contributed by atoms with van der Waals surface area (Å²) in [4.78, 5) is 12.7. The quantitative estimate of drug-likeness (QED) is 0.505. The van der Waals surface area contributed by atoms with E-state index in [1.54, 1.807) is 13.1 Å². The lowest BCUT2D eigenvalue weighted by molar-refractivity contribution is -0.0224. The summed E-state index contributed by atoms with van der Waals surface area (Å²) in [7, 11) is 1.64. The number of rotatable bonds is 5. The molecule has 0 amide bonds. The predicted molar refractivity (Wildman–Crippen MR) is 116 cm³/mol. The number of pyridine rings is 1. The van der Waals surface area contributed by atoms with Gasteiger partial charge in [0.2, 0.25) is 0 Å². The maximum atomic E-state index is 13.9. The summed E-state index contributed by atoms with van der Waals surface area (Å²) in [6.45, 7) is 2.55. The number of benzene rings is 1. The third-order valence-electron chi connectivity index (χ3n) is 5.78. The van der Waals surface area contributed by atoms with Crippen LogP contribution in [-0.2, 0) is 4.74 Å². The van der Waals surface area contributed by atoms with Crippen LogP contribution in [0, 0.1) is 11.7 Å². The first-order valence-electron chi connectivity index (χ1n) is 10.2. The maximum Gasteiger partial charge on any atom is 0.166 e. The van der Waals surface area contributed by atoms with Gasteiger partial charge in [-0.15, -0.1) is 0 Å². The van der Waals surface area contributed by atoms with Crippen LogP contribution in [0.5, 0.6) is 5.75 Å². The Labute approximate surface area is 178 Å². The van der Waals surface area contributed by atoms with Gasteiger partial charge in [0, 0.05) is 24.7 Å². The summed E-state index contributed by atoms with van der Waals surface area (Å²) in [5, 5.41) is 4.29. The van der Waals surface area contributed by atoms with Gasteiger partial charge in [0.05, 0.1) is 17.0 Å². The second kappa shape index (κ2) is 7.66. The Morgan fingerprint density at radius 1 is 1.29 bits per heavy atom. The Bertz CT molecular complexity index is 1260. The molecule has 0 bridgehead atoms. The molecule has 1 saturated heterocycles. The fourth-order valence-corrected chi connectivity index (χ4v) is 4.03. The molecule has 1 aromatic carbocycles. The summed E-state index contributed by atoms with van der Waals surface area (Å²) >= 11 is 0. The number of anilines is 2. The summed E-state index contributed by atoms with van der Waals surface area (Å²) in [5.74, 6) is 1.25. The summed E-state index contributed by atoms with van der Waals surface area (Å²) in [6.07, 6.45) is 4.02. The van der Waals surface area contributed by atoms with Crippen molar-refractivity contribution in [3.05, 3.63) is 48.7 Å². The molecule has 5 rings (SSSR count). The van der Waals surface area contributed by atoms with Gasteiger partial charge in [-0.1, -0.05) is 6.92 Å². The zero-order chi connectivity index (χ0) is 21.5. The molecule has 0 radical (unpaired) electrons. The Balaban J connectivity index is 1.30. The maximum absolute atomic E-state index is 13.9. The number of hydrogen-bond acceptors (Lipinski definition) is 7. The molecule has 3 aromatic heterocycles. The van der Waals surface area contributed by atoms with Crippen molar-refractivity contribution < 1.29 is 13.9 Å². The molecule has 4 heterocycles. The lowest BCUT2D eigenvalue weighted by atomic mass is 10.0. The first-order valence-corrected chi connectivity index (χ1v) is 10.2. The van der Waals surface area contributed by atoms with E-state index in [-0.39, 0.29) is 24.0 Å². The van der Waals surface area contributed by atoms with E-state index in [4.69, 9.17) is 15.2 Å². The smallest absolute Gasteiger partial charge is 0.166 e. The standard InChI is InChI=1S/C22H23FN6O2/c1-12-7-19(29-6-5-15-20(24)26-11-27-22(15)29)31-18(12)10-30-14-4-3-13-8-16(23)21(25-2)28-17(13)9-14/h3-6,8-9,11-12,18-19H,7,10H2,1-2H3,(H,25,28)(H2,24,26,27). The Kier molecular flexibility index (Phi) is 4.82. The molecule has 3 N–H and O–H groups in total. The van der Waals surface area contributed by atoms with Crippen molar-refractivity contribution >= 4 is 33.6 Å². The molecule has 1 aliphatic rings. The van der Waals surface area contributed by atoms with Crippen LogP contribution < -0.4 is 15.8 Å². The van der Waals surface area contributed by atoms with Crippen LogP contribution in [0.4, 0.5) is 16.0 Å². The van der Waals surface area contributed by atoms with Crippen LogP contribution in [0.15, 0.2) is 42.9 Å². The van der Waals surface area contributed by atoms with Crippen molar-refractivity contribution in [2.75, 3.05) is 24.7 Å². The predicted octanol–water partition coefficient (Wildman–Crippen LogP) is 3.75. The van der Waals surface area contributed by atoms with Gasteiger partial charge in [-0.3, -0.25) is 0 Å². The van der Waals surface area contributed by atoms with Gasteiger partial charge in [-0.2, -0.15) is 0 Å². The lowest BCUT2D eigenvalue weighted by Gasteiger charge is -2.17. The molecule has 1 aliphatic heterocycles. The van der Waals surface area contributed by atoms with Crippen molar-refractivity contribution in [3.8, 4) is 5.75 Å². The molecule has 3 unspecified atom stereocenters. The fourth-order valence-electron chi connectivity index (χ4n) is 4.03. The Hall–Kier alpha value is -3.46. The molecule has 0 spiro atoms. The van der Waals surface area contributed by atoms with Crippen molar-refractivity contribution in [3.63, 3.8) is 0 Å². The van der Waals surface area contributed by atoms with Crippen LogP contribution in [-0.4, -0.2) is 39.3 Å². The van der Waals surface area contributed by atoms with Crippen LogP contribution in [0.25, 0.3) is 21.9 Å². The average Bonchev–Trinajstić information content (AvgIpc) is 3.36. The van der Waals surface area contributed by atoms with E-state index in [0.717, 1.165) is 22.8 Å². The molecule has 3 atom stereocenters. The molecule has 1 fully saturated rings. The Morgan fingerprint density at radius 2 is 2.16 bits per heavy atom. The van der Waals surface area contributed by atoms with Gasteiger partial charge in [0.25, 0.3) is 0 Å². The highest BCUT2D eigenvalue weighted by Gasteiger charge is 2.34. The summed E-state index contributed by atoms with van der Waals surface area (Å²) in [5.41, 5.74) is 7.37. The number of aromatic nitrogens is 4. The topological polar surface area (TPSA) is 100 Å². The molecule has 160 valence electrons. The van der Waals surface area contributed by atoms with Crippen LogP contribution in [0.3, 0.4) is 0 Å². The molecule has 4 aromatic rings. The van der Waals surface area contributed by atoms with Gasteiger partial charge < -0.3 is 25.1 Å². The number of halogens is 1. The van der Waals surface area contributed by atoms with Crippen molar-refractivity contribution in [1.29, 1.82) is 0 Å². The first-order chi connectivity index (χ1) is 15.0. The van der Waals surface area contributed by atoms with E-state index >= 15 is 0 Å². The number of fused-ring (bicyclic) bond motifs is 2. The highest BCUT2D eigenvalue weighted by Crippen LogP contribution is 2.36. The molecule has 31 heavy (non-hydrogen) atoms. The molecule has 9 heteroatoms. The number of nitrogen functional groups attached to an aromatic ring is 1. The molecular weight excluding hydrogens is 399 g/mol. The zero-order valence-corrected chi connectivity index (χ0v) is 17.2.